The second-order valence-electron chi connectivity index (χ2n) is 3.56. The number of ether oxygens (including phenoxy) is 1. The zero-order valence-corrected chi connectivity index (χ0v) is 10.7. The van der Waals surface area contributed by atoms with Crippen LogP contribution in [0.5, 0.6) is 0 Å². The summed E-state index contributed by atoms with van der Waals surface area (Å²) in [5.41, 5.74) is 4.64. The fourth-order valence-electron chi connectivity index (χ4n) is 1.33. The average Bonchev–Trinajstić information content (AvgIpc) is 2.39. The summed E-state index contributed by atoms with van der Waals surface area (Å²) in [6.45, 7) is 1.45. The number of carbonyl (C=O) groups excluding carboxylic acids is 2. The number of carbonyl (C=O) groups is 2. The molecule has 0 saturated heterocycles. The predicted octanol–water partition coefficient (Wildman–Crippen LogP) is 0.384. The minimum absolute atomic E-state index is 0.0456. The molecule has 0 aromatic heterocycles. The van der Waals surface area contributed by atoms with E-state index < -0.39 is 28.3 Å². The third kappa shape index (κ3) is 3.80. The van der Waals surface area contributed by atoms with E-state index in [0.717, 1.165) is 0 Å². The van der Waals surface area contributed by atoms with Crippen LogP contribution in [0.1, 0.15) is 17.3 Å². The number of rotatable bonds is 5. The molecular weight excluding hydrogens is 266 g/mol. The zero-order chi connectivity index (χ0) is 15.1. The quantitative estimate of drug-likeness (QED) is 0.347. The Morgan fingerprint density at radius 2 is 1.95 bits per heavy atom. The summed E-state index contributed by atoms with van der Waals surface area (Å²) in [4.78, 5) is 32.9. The van der Waals surface area contributed by atoms with E-state index >= 15 is 0 Å². The van der Waals surface area contributed by atoms with Gasteiger partial charge >= 0.3 is 11.7 Å². The van der Waals surface area contributed by atoms with Gasteiger partial charge in [0.2, 0.25) is 0 Å². The molecule has 0 spiro atoms. The number of esters is 1. The van der Waals surface area contributed by atoms with E-state index in [1.54, 1.807) is 18.2 Å². The number of nitro groups is 1. The summed E-state index contributed by atoms with van der Waals surface area (Å²) >= 11 is 0. The van der Waals surface area contributed by atoms with Gasteiger partial charge < -0.3 is 15.8 Å². The summed E-state index contributed by atoms with van der Waals surface area (Å²) < 4.78 is 4.50. The molecule has 0 atom stereocenters. The van der Waals surface area contributed by atoms with Crippen molar-refractivity contribution in [1.82, 2.24) is 5.32 Å². The maximum Gasteiger partial charge on any atom is 0.413 e. The van der Waals surface area contributed by atoms with Gasteiger partial charge in [-0.2, -0.15) is 0 Å². The fraction of sp³-hybridized carbons (Fsp3) is 0.167. The van der Waals surface area contributed by atoms with Gasteiger partial charge in [0, 0.05) is 5.56 Å². The third-order valence-electron chi connectivity index (χ3n) is 2.19. The lowest BCUT2D eigenvalue weighted by atomic mass is 10.2. The molecule has 0 aliphatic carbocycles. The van der Waals surface area contributed by atoms with E-state index in [4.69, 9.17) is 5.73 Å². The first-order valence-electron chi connectivity index (χ1n) is 5.65. The Morgan fingerprint density at radius 3 is 2.45 bits per heavy atom. The van der Waals surface area contributed by atoms with E-state index in [0.29, 0.717) is 0 Å². The van der Waals surface area contributed by atoms with Crippen molar-refractivity contribution in [2.45, 2.75) is 6.92 Å². The van der Waals surface area contributed by atoms with Crippen molar-refractivity contribution in [1.29, 1.82) is 0 Å². The van der Waals surface area contributed by atoms with Gasteiger partial charge in [0.05, 0.1) is 11.5 Å². The van der Waals surface area contributed by atoms with Crippen molar-refractivity contribution >= 4 is 11.9 Å². The minimum atomic E-state index is -1.21. The molecular formula is C12H13N3O5. The SMILES string of the molecule is CCOC(=O)/C(=C(/N)NC(=O)c1ccccc1)[N+](=O)[O-]. The first-order chi connectivity index (χ1) is 9.47. The Labute approximate surface area is 114 Å². The highest BCUT2D eigenvalue weighted by Crippen LogP contribution is 2.04. The molecule has 0 radical (unpaired) electrons. The van der Waals surface area contributed by atoms with E-state index in [-0.39, 0.29) is 12.2 Å². The number of nitrogens with zero attached hydrogens (tertiary/aromatic N) is 1. The maximum atomic E-state index is 11.8. The molecule has 8 heteroatoms. The van der Waals surface area contributed by atoms with Crippen LogP contribution in [0.25, 0.3) is 0 Å². The predicted molar refractivity (Wildman–Crippen MR) is 68.7 cm³/mol. The van der Waals surface area contributed by atoms with Crippen LogP contribution in [0.2, 0.25) is 0 Å². The van der Waals surface area contributed by atoms with Crippen molar-refractivity contribution in [3.05, 3.63) is 57.5 Å². The number of nitrogens with two attached hydrogens (primary N) is 1. The van der Waals surface area contributed by atoms with Crippen molar-refractivity contribution < 1.29 is 19.2 Å². The summed E-state index contributed by atoms with van der Waals surface area (Å²) in [6, 6.07) is 7.94. The van der Waals surface area contributed by atoms with E-state index in [1.807, 2.05) is 0 Å². The van der Waals surface area contributed by atoms with E-state index in [2.05, 4.69) is 10.1 Å². The molecule has 0 aliphatic heterocycles. The van der Waals surface area contributed by atoms with E-state index in [1.165, 1.54) is 19.1 Å². The molecule has 8 nitrogen and oxygen atoms in total. The van der Waals surface area contributed by atoms with Crippen LogP contribution in [0, 0.1) is 10.1 Å². The van der Waals surface area contributed by atoms with Crippen LogP contribution < -0.4 is 11.1 Å². The van der Waals surface area contributed by atoms with Crippen molar-refractivity contribution in [2.24, 2.45) is 5.73 Å². The normalized spacial score (nSPS) is 11.2. The van der Waals surface area contributed by atoms with Gasteiger partial charge in [-0.15, -0.1) is 0 Å². The second-order valence-corrected chi connectivity index (χ2v) is 3.56. The number of hydrogen-bond acceptors (Lipinski definition) is 6. The van der Waals surface area contributed by atoms with Crippen LogP contribution in [0.4, 0.5) is 0 Å². The molecule has 1 amide bonds. The summed E-state index contributed by atoms with van der Waals surface area (Å²) in [7, 11) is 0. The molecule has 0 saturated carbocycles. The third-order valence-corrected chi connectivity index (χ3v) is 2.19. The Morgan fingerprint density at radius 1 is 1.35 bits per heavy atom. The number of hydrogen-bond donors (Lipinski definition) is 2. The van der Waals surface area contributed by atoms with E-state index in [9.17, 15) is 19.7 Å². The van der Waals surface area contributed by atoms with Crippen LogP contribution in [0.15, 0.2) is 41.8 Å². The zero-order valence-electron chi connectivity index (χ0n) is 10.7. The van der Waals surface area contributed by atoms with Gasteiger partial charge in [-0.1, -0.05) is 18.2 Å². The fourth-order valence-corrected chi connectivity index (χ4v) is 1.33. The lowest BCUT2D eigenvalue weighted by molar-refractivity contribution is -0.422. The maximum absolute atomic E-state index is 11.8. The van der Waals surface area contributed by atoms with Gasteiger partial charge in [-0.3, -0.25) is 14.9 Å². The second kappa shape index (κ2) is 6.88. The Bertz CT molecular complexity index is 553. The average molecular weight is 279 g/mol. The number of nitrogens with one attached hydrogen (secondary N) is 1. The van der Waals surface area contributed by atoms with Gasteiger partial charge in [0.25, 0.3) is 5.91 Å². The monoisotopic (exact) mass is 279 g/mol. The Hall–Kier alpha value is -2.90. The molecule has 1 rings (SSSR count). The topological polar surface area (TPSA) is 125 Å². The van der Waals surface area contributed by atoms with Gasteiger partial charge in [-0.05, 0) is 19.1 Å². The molecule has 0 unspecified atom stereocenters. The number of amides is 1. The lowest BCUT2D eigenvalue weighted by Crippen LogP contribution is -2.33. The van der Waals surface area contributed by atoms with Crippen molar-refractivity contribution in [3.8, 4) is 0 Å². The summed E-state index contributed by atoms with van der Waals surface area (Å²) in [5.74, 6) is -2.53. The standard InChI is InChI=1S/C12H13N3O5/c1-2-20-12(17)9(15(18)19)10(13)14-11(16)8-6-4-3-5-7-8/h3-7H,2,13H2,1H3,(H,14,16)/b10-9+. The summed E-state index contributed by atoms with van der Waals surface area (Å²) in [6.07, 6.45) is 0. The molecule has 1 aromatic carbocycles. The molecule has 1 aromatic rings. The Kier molecular flexibility index (Phi) is 5.21. The van der Waals surface area contributed by atoms with Gasteiger partial charge in [-0.25, -0.2) is 4.79 Å². The van der Waals surface area contributed by atoms with Gasteiger partial charge in [0.1, 0.15) is 0 Å². The first-order valence-corrected chi connectivity index (χ1v) is 5.65. The van der Waals surface area contributed by atoms with Crippen LogP contribution in [-0.2, 0) is 9.53 Å². The molecule has 3 N–H and O–H groups in total. The molecule has 0 fully saturated rings. The molecule has 0 aliphatic rings. The molecule has 106 valence electrons. The molecule has 0 heterocycles. The first kappa shape index (κ1) is 15.2. The van der Waals surface area contributed by atoms with Crippen molar-refractivity contribution in [2.75, 3.05) is 6.61 Å². The summed E-state index contributed by atoms with van der Waals surface area (Å²) in [5, 5.41) is 12.9. The largest absolute Gasteiger partial charge is 0.458 e. The van der Waals surface area contributed by atoms with Crippen LogP contribution in [-0.4, -0.2) is 23.4 Å². The Balaban J connectivity index is 2.97. The van der Waals surface area contributed by atoms with Crippen molar-refractivity contribution in [3.63, 3.8) is 0 Å². The van der Waals surface area contributed by atoms with Crippen LogP contribution in [0.3, 0.4) is 0 Å². The minimum Gasteiger partial charge on any atom is -0.458 e. The molecule has 20 heavy (non-hydrogen) atoms. The highest BCUT2D eigenvalue weighted by Gasteiger charge is 2.29. The highest BCUT2D eigenvalue weighted by atomic mass is 16.6. The lowest BCUT2D eigenvalue weighted by Gasteiger charge is -2.06. The highest BCUT2D eigenvalue weighted by molar-refractivity contribution is 5.96. The van der Waals surface area contributed by atoms with Crippen LogP contribution >= 0.6 is 0 Å². The smallest absolute Gasteiger partial charge is 0.413 e. The van der Waals surface area contributed by atoms with Gasteiger partial charge in [0.15, 0.2) is 5.82 Å². The molecule has 0 bridgehead atoms. The number of benzene rings is 1.